The highest BCUT2D eigenvalue weighted by Gasteiger charge is 2.14. The summed E-state index contributed by atoms with van der Waals surface area (Å²) in [6.07, 6.45) is 0. The van der Waals surface area contributed by atoms with Gasteiger partial charge in [0.25, 0.3) is 0 Å². The summed E-state index contributed by atoms with van der Waals surface area (Å²) in [7, 11) is 0. The predicted molar refractivity (Wildman–Crippen MR) is 190 cm³/mol. The Balaban J connectivity index is 1.06. The highest BCUT2D eigenvalue weighted by molar-refractivity contribution is 7.25. The summed E-state index contributed by atoms with van der Waals surface area (Å²) in [6.45, 7) is 0. The van der Waals surface area contributed by atoms with Crippen molar-refractivity contribution < 1.29 is 0 Å². The van der Waals surface area contributed by atoms with Crippen LogP contribution < -0.4 is 0 Å². The molecular formula is C38H22S4. The minimum absolute atomic E-state index is 1.28. The third-order valence-corrected chi connectivity index (χ3v) is 12.6. The molecule has 42 heavy (non-hydrogen) atoms. The minimum Gasteiger partial charge on any atom is -0.135 e. The second-order valence-electron chi connectivity index (χ2n) is 10.5. The van der Waals surface area contributed by atoms with Crippen LogP contribution in [0.1, 0.15) is 0 Å². The Morgan fingerprint density at radius 1 is 0.262 bits per heavy atom. The Morgan fingerprint density at radius 3 is 0.810 bits per heavy atom. The fourth-order valence-electron chi connectivity index (χ4n) is 5.83. The van der Waals surface area contributed by atoms with Gasteiger partial charge in [0, 0.05) is 59.9 Å². The van der Waals surface area contributed by atoms with E-state index in [-0.39, 0.29) is 0 Å². The molecular weight excluding hydrogens is 585 g/mol. The summed E-state index contributed by atoms with van der Waals surface area (Å²) in [5, 5.41) is 5.43. The fraction of sp³-hybridized carbons (Fsp3) is 0. The van der Waals surface area contributed by atoms with Gasteiger partial charge in [0.1, 0.15) is 0 Å². The summed E-state index contributed by atoms with van der Waals surface area (Å²) in [5.41, 5.74) is 5.13. The second kappa shape index (κ2) is 9.75. The largest absolute Gasteiger partial charge is 0.135 e. The van der Waals surface area contributed by atoms with Crippen molar-refractivity contribution in [3.63, 3.8) is 0 Å². The van der Waals surface area contributed by atoms with E-state index in [4.69, 9.17) is 0 Å². The average Bonchev–Trinajstić information content (AvgIpc) is 3.85. The molecule has 0 atom stereocenters. The van der Waals surface area contributed by atoms with E-state index in [2.05, 4.69) is 133 Å². The summed E-state index contributed by atoms with van der Waals surface area (Å²) < 4.78 is 5.39. The number of hydrogen-bond donors (Lipinski definition) is 0. The van der Waals surface area contributed by atoms with Gasteiger partial charge >= 0.3 is 0 Å². The highest BCUT2D eigenvalue weighted by Crippen LogP contribution is 2.44. The molecule has 0 fully saturated rings. The van der Waals surface area contributed by atoms with Gasteiger partial charge in [-0.15, -0.1) is 45.3 Å². The van der Waals surface area contributed by atoms with Gasteiger partial charge < -0.3 is 0 Å². The van der Waals surface area contributed by atoms with E-state index in [0.29, 0.717) is 0 Å². The standard InChI is InChI=1S/C38H22S4/c1-3-7-23(8-4-1)35-19-27-29-21-37(41-33(29)17-15-31(27)39-35)25-11-13-26(14-12-25)38-22-30-28-20-36(24-9-5-2-6-10-24)40-32(28)16-18-34(30)42-38/h1-22H. The number of fused-ring (bicyclic) bond motifs is 6. The smallest absolute Gasteiger partial charge is 0.0356 e. The molecule has 0 nitrogen and oxygen atoms in total. The van der Waals surface area contributed by atoms with E-state index in [0.717, 1.165) is 0 Å². The second-order valence-corrected chi connectivity index (χ2v) is 14.9. The van der Waals surface area contributed by atoms with Gasteiger partial charge in [0.05, 0.1) is 0 Å². The monoisotopic (exact) mass is 606 g/mol. The topological polar surface area (TPSA) is 0 Å². The maximum absolute atomic E-state index is 2.38. The van der Waals surface area contributed by atoms with Crippen molar-refractivity contribution in [1.82, 2.24) is 0 Å². The maximum atomic E-state index is 2.38. The van der Waals surface area contributed by atoms with Gasteiger partial charge in [-0.25, -0.2) is 0 Å². The zero-order valence-corrected chi connectivity index (χ0v) is 25.6. The summed E-state index contributed by atoms with van der Waals surface area (Å²) in [5.74, 6) is 0. The first-order chi connectivity index (χ1) is 20.8. The van der Waals surface area contributed by atoms with Gasteiger partial charge in [-0.2, -0.15) is 0 Å². The molecule has 0 bridgehead atoms. The Kier molecular flexibility index (Phi) is 5.70. The summed E-state index contributed by atoms with van der Waals surface area (Å²) in [6, 6.07) is 49.2. The lowest BCUT2D eigenvalue weighted by Gasteiger charge is -2.00. The number of thiophene rings is 4. The van der Waals surface area contributed by atoms with Gasteiger partial charge in [0.2, 0.25) is 0 Å². The van der Waals surface area contributed by atoms with Crippen LogP contribution in [-0.4, -0.2) is 0 Å². The van der Waals surface area contributed by atoms with Gasteiger partial charge in [-0.3, -0.25) is 0 Å². The molecule has 198 valence electrons. The SMILES string of the molecule is c1ccc(-c2cc3c(ccc4sc(-c5ccc(-c6cc7c(ccc8sc(-c9ccccc9)cc87)s6)cc5)cc43)s2)cc1. The Bertz CT molecular complexity index is 2210. The van der Waals surface area contributed by atoms with Crippen molar-refractivity contribution in [2.45, 2.75) is 0 Å². The molecule has 0 radical (unpaired) electrons. The number of rotatable bonds is 4. The quantitative estimate of drug-likeness (QED) is 0.187. The van der Waals surface area contributed by atoms with Gasteiger partial charge in [-0.1, -0.05) is 84.9 Å². The number of hydrogen-bond acceptors (Lipinski definition) is 4. The van der Waals surface area contributed by atoms with E-state index in [1.165, 1.54) is 82.1 Å². The van der Waals surface area contributed by atoms with E-state index in [9.17, 15) is 0 Å². The van der Waals surface area contributed by atoms with Crippen LogP contribution in [0.3, 0.4) is 0 Å². The molecule has 9 aromatic rings. The van der Waals surface area contributed by atoms with Crippen molar-refractivity contribution in [3.8, 4) is 41.8 Å². The third kappa shape index (κ3) is 4.06. The van der Waals surface area contributed by atoms with E-state index >= 15 is 0 Å². The lowest BCUT2D eigenvalue weighted by Crippen LogP contribution is -1.74. The van der Waals surface area contributed by atoms with Crippen LogP contribution in [-0.2, 0) is 0 Å². The van der Waals surface area contributed by atoms with Crippen molar-refractivity contribution in [3.05, 3.63) is 133 Å². The molecule has 5 aromatic carbocycles. The molecule has 0 amide bonds. The molecule has 4 heterocycles. The summed E-state index contributed by atoms with van der Waals surface area (Å²) in [4.78, 5) is 5.30. The molecule has 4 heteroatoms. The van der Waals surface area contributed by atoms with Crippen LogP contribution in [0, 0.1) is 0 Å². The van der Waals surface area contributed by atoms with E-state index in [1.807, 2.05) is 45.3 Å². The Hall–Kier alpha value is -4.06. The molecule has 0 aliphatic carbocycles. The van der Waals surface area contributed by atoms with Crippen LogP contribution in [0.15, 0.2) is 133 Å². The normalized spacial score (nSPS) is 11.8. The van der Waals surface area contributed by atoms with Gasteiger partial charge in [0.15, 0.2) is 0 Å². The highest BCUT2D eigenvalue weighted by atomic mass is 32.1. The average molecular weight is 607 g/mol. The lowest BCUT2D eigenvalue weighted by atomic mass is 10.1. The molecule has 9 rings (SSSR count). The van der Waals surface area contributed by atoms with Crippen LogP contribution in [0.5, 0.6) is 0 Å². The van der Waals surface area contributed by atoms with Gasteiger partial charge in [-0.05, 0) is 70.8 Å². The zero-order chi connectivity index (χ0) is 27.6. The van der Waals surface area contributed by atoms with Crippen molar-refractivity contribution in [2.24, 2.45) is 0 Å². The van der Waals surface area contributed by atoms with Crippen LogP contribution in [0.25, 0.3) is 82.1 Å². The Morgan fingerprint density at radius 2 is 0.524 bits per heavy atom. The first-order valence-corrected chi connectivity index (χ1v) is 17.2. The van der Waals surface area contributed by atoms with Crippen molar-refractivity contribution in [1.29, 1.82) is 0 Å². The Labute approximate surface area is 259 Å². The third-order valence-electron chi connectivity index (χ3n) is 7.97. The predicted octanol–water partition coefficient (Wildman–Crippen LogP) is 13.2. The molecule has 4 aromatic heterocycles. The lowest BCUT2D eigenvalue weighted by molar-refractivity contribution is 1.69. The first-order valence-electron chi connectivity index (χ1n) is 13.9. The molecule has 0 aliphatic rings. The maximum Gasteiger partial charge on any atom is 0.0356 e. The molecule has 0 N–H and O–H groups in total. The molecule has 0 aliphatic heterocycles. The molecule has 0 saturated heterocycles. The van der Waals surface area contributed by atoms with Crippen molar-refractivity contribution in [2.75, 3.05) is 0 Å². The molecule has 0 spiro atoms. The van der Waals surface area contributed by atoms with Crippen molar-refractivity contribution >= 4 is 85.7 Å². The summed E-state index contributed by atoms with van der Waals surface area (Å²) >= 11 is 7.53. The van der Waals surface area contributed by atoms with E-state index in [1.54, 1.807) is 0 Å². The fourth-order valence-corrected chi connectivity index (χ4v) is 10.2. The minimum atomic E-state index is 1.28. The molecule has 0 saturated carbocycles. The first kappa shape index (κ1) is 24.5. The number of benzene rings is 5. The van der Waals surface area contributed by atoms with E-state index < -0.39 is 0 Å². The van der Waals surface area contributed by atoms with Crippen LogP contribution in [0.2, 0.25) is 0 Å². The molecule has 0 unspecified atom stereocenters. The van der Waals surface area contributed by atoms with Crippen LogP contribution >= 0.6 is 45.3 Å². The van der Waals surface area contributed by atoms with Crippen LogP contribution in [0.4, 0.5) is 0 Å². The zero-order valence-electron chi connectivity index (χ0n) is 22.3.